The summed E-state index contributed by atoms with van der Waals surface area (Å²) in [6.07, 6.45) is 1.69. The number of hydrazone groups is 1. The van der Waals surface area contributed by atoms with E-state index < -0.39 is 5.60 Å². The molecule has 1 saturated heterocycles. The second kappa shape index (κ2) is 9.72. The van der Waals surface area contributed by atoms with Crippen LogP contribution in [-0.4, -0.2) is 41.4 Å². The lowest BCUT2D eigenvalue weighted by molar-refractivity contribution is 0.0187. The van der Waals surface area contributed by atoms with Crippen molar-refractivity contribution in [2.45, 2.75) is 51.8 Å². The first-order valence-electron chi connectivity index (χ1n) is 9.25. The van der Waals surface area contributed by atoms with Gasteiger partial charge in [0.1, 0.15) is 17.7 Å². The van der Waals surface area contributed by atoms with E-state index in [1.807, 2.05) is 45.0 Å². The number of nitriles is 2. The van der Waals surface area contributed by atoms with Crippen LogP contribution in [0.2, 0.25) is 0 Å². The zero-order valence-electron chi connectivity index (χ0n) is 16.5. The molecule has 28 heavy (non-hydrogen) atoms. The van der Waals surface area contributed by atoms with E-state index in [9.17, 15) is 4.79 Å². The van der Waals surface area contributed by atoms with E-state index in [4.69, 9.17) is 15.3 Å². The molecule has 1 atom stereocenters. The summed E-state index contributed by atoms with van der Waals surface area (Å²) in [5.41, 5.74) is 3.75. The third kappa shape index (κ3) is 6.90. The Labute approximate surface area is 165 Å². The number of anilines is 1. The van der Waals surface area contributed by atoms with Crippen LogP contribution in [0.25, 0.3) is 0 Å². The van der Waals surface area contributed by atoms with Crippen molar-refractivity contribution in [3.8, 4) is 12.1 Å². The lowest BCUT2D eigenvalue weighted by Crippen LogP contribution is -2.49. The minimum absolute atomic E-state index is 0.220. The molecule has 1 aromatic carbocycles. The molecular formula is C20H26N6O2. The van der Waals surface area contributed by atoms with Crippen molar-refractivity contribution in [1.29, 1.82) is 10.5 Å². The second-order valence-corrected chi connectivity index (χ2v) is 7.64. The van der Waals surface area contributed by atoms with Crippen molar-refractivity contribution in [3.05, 3.63) is 29.8 Å². The van der Waals surface area contributed by atoms with Crippen molar-refractivity contribution in [2.24, 2.45) is 5.10 Å². The summed E-state index contributed by atoms with van der Waals surface area (Å²) in [7, 11) is 0. The summed E-state index contributed by atoms with van der Waals surface area (Å²) >= 11 is 0. The summed E-state index contributed by atoms with van der Waals surface area (Å²) in [5.74, 6) is 0. The predicted octanol–water partition coefficient (Wildman–Crippen LogP) is 2.99. The Balaban J connectivity index is 1.83. The summed E-state index contributed by atoms with van der Waals surface area (Å²) in [4.78, 5) is 14.0. The van der Waals surface area contributed by atoms with Gasteiger partial charge in [-0.3, -0.25) is 5.43 Å². The monoisotopic (exact) mass is 382 g/mol. The number of likely N-dealkylation sites (tertiary alicyclic amines) is 1. The van der Waals surface area contributed by atoms with Crippen LogP contribution >= 0.6 is 0 Å². The maximum Gasteiger partial charge on any atom is 0.410 e. The topological polar surface area (TPSA) is 114 Å². The highest BCUT2D eigenvalue weighted by Crippen LogP contribution is 2.16. The molecule has 2 N–H and O–H groups in total. The van der Waals surface area contributed by atoms with Crippen LogP contribution in [0.5, 0.6) is 0 Å². The molecule has 1 aliphatic rings. The molecule has 1 aliphatic heterocycles. The smallest absolute Gasteiger partial charge is 0.410 e. The molecule has 1 heterocycles. The number of carbonyl (C=O) groups excluding carboxylic acids is 1. The molecule has 8 nitrogen and oxygen atoms in total. The molecule has 2 rings (SSSR count). The number of nitrogens with one attached hydrogen (secondary N) is 2. The SMILES string of the molecule is CC(C)(C)OC(=O)N1CCCC(NCc2ccc(NN=C(C#N)C#N)cc2)C1. The first-order chi connectivity index (χ1) is 13.3. The van der Waals surface area contributed by atoms with Gasteiger partial charge in [0.2, 0.25) is 5.71 Å². The molecule has 8 heteroatoms. The van der Waals surface area contributed by atoms with Crippen LogP contribution in [0.1, 0.15) is 39.2 Å². The Kier molecular flexibility index (Phi) is 7.36. The van der Waals surface area contributed by atoms with Gasteiger partial charge >= 0.3 is 6.09 Å². The van der Waals surface area contributed by atoms with Gasteiger partial charge in [-0.2, -0.15) is 15.6 Å². The van der Waals surface area contributed by atoms with Crippen LogP contribution in [-0.2, 0) is 11.3 Å². The number of piperidine rings is 1. The molecule has 0 aliphatic carbocycles. The minimum atomic E-state index is -0.488. The molecule has 0 bridgehead atoms. The van der Waals surface area contributed by atoms with Gasteiger partial charge in [-0.1, -0.05) is 12.1 Å². The lowest BCUT2D eigenvalue weighted by atomic mass is 10.1. The first kappa shape index (κ1) is 21.2. The normalized spacial score (nSPS) is 16.5. The van der Waals surface area contributed by atoms with Crippen molar-refractivity contribution in [3.63, 3.8) is 0 Å². The highest BCUT2D eigenvalue weighted by molar-refractivity contribution is 6.10. The fourth-order valence-corrected chi connectivity index (χ4v) is 2.79. The Bertz CT molecular complexity index is 767. The number of hydrogen-bond donors (Lipinski definition) is 2. The summed E-state index contributed by atoms with van der Waals surface area (Å²) in [5, 5.41) is 24.5. The number of carbonyl (C=O) groups is 1. The van der Waals surface area contributed by atoms with Gasteiger partial charge in [-0.15, -0.1) is 0 Å². The number of nitrogens with zero attached hydrogens (tertiary/aromatic N) is 4. The Morgan fingerprint density at radius 3 is 2.57 bits per heavy atom. The second-order valence-electron chi connectivity index (χ2n) is 7.64. The van der Waals surface area contributed by atoms with E-state index in [2.05, 4.69) is 15.8 Å². The van der Waals surface area contributed by atoms with Crippen LogP contribution < -0.4 is 10.7 Å². The number of amides is 1. The molecule has 1 fully saturated rings. The zero-order valence-corrected chi connectivity index (χ0v) is 16.5. The van der Waals surface area contributed by atoms with E-state index in [1.165, 1.54) is 0 Å². The van der Waals surface area contributed by atoms with Crippen molar-refractivity contribution >= 4 is 17.5 Å². The van der Waals surface area contributed by atoms with E-state index >= 15 is 0 Å². The number of hydrogen-bond acceptors (Lipinski definition) is 7. The maximum atomic E-state index is 12.2. The first-order valence-corrected chi connectivity index (χ1v) is 9.25. The van der Waals surface area contributed by atoms with Crippen LogP contribution in [0.4, 0.5) is 10.5 Å². The fourth-order valence-electron chi connectivity index (χ4n) is 2.79. The van der Waals surface area contributed by atoms with E-state index in [0.29, 0.717) is 18.8 Å². The third-order valence-electron chi connectivity index (χ3n) is 4.13. The molecule has 0 spiro atoms. The van der Waals surface area contributed by atoms with Crippen LogP contribution in [0, 0.1) is 22.7 Å². The van der Waals surface area contributed by atoms with E-state index in [1.54, 1.807) is 17.0 Å². The third-order valence-corrected chi connectivity index (χ3v) is 4.13. The summed E-state index contributed by atoms with van der Waals surface area (Å²) in [6, 6.07) is 11.2. The highest BCUT2D eigenvalue weighted by Gasteiger charge is 2.27. The van der Waals surface area contributed by atoms with Gasteiger partial charge in [0, 0.05) is 25.7 Å². The van der Waals surface area contributed by atoms with Crippen molar-refractivity contribution in [1.82, 2.24) is 10.2 Å². The zero-order chi connectivity index (χ0) is 20.6. The molecule has 1 unspecified atom stereocenters. The van der Waals surface area contributed by atoms with Gasteiger partial charge in [0.05, 0.1) is 5.69 Å². The van der Waals surface area contributed by atoms with Crippen molar-refractivity contribution in [2.75, 3.05) is 18.5 Å². The number of benzene rings is 1. The molecule has 0 saturated carbocycles. The quantitative estimate of drug-likeness (QED) is 0.598. The van der Waals surface area contributed by atoms with Gasteiger partial charge in [0.25, 0.3) is 0 Å². The van der Waals surface area contributed by atoms with Gasteiger partial charge in [-0.25, -0.2) is 4.79 Å². The molecule has 0 radical (unpaired) electrons. The average molecular weight is 382 g/mol. The number of ether oxygens (including phenoxy) is 1. The van der Waals surface area contributed by atoms with Crippen LogP contribution in [0.3, 0.4) is 0 Å². The predicted molar refractivity (Wildman–Crippen MR) is 106 cm³/mol. The lowest BCUT2D eigenvalue weighted by Gasteiger charge is -2.34. The number of rotatable bonds is 5. The summed E-state index contributed by atoms with van der Waals surface area (Å²) < 4.78 is 5.46. The maximum absolute atomic E-state index is 12.2. The molecular weight excluding hydrogens is 356 g/mol. The Hall–Kier alpha value is -3.10. The summed E-state index contributed by atoms with van der Waals surface area (Å²) in [6.45, 7) is 7.65. The van der Waals surface area contributed by atoms with Gasteiger partial charge in [0.15, 0.2) is 0 Å². The minimum Gasteiger partial charge on any atom is -0.444 e. The molecule has 0 aromatic heterocycles. The molecule has 1 aromatic rings. The average Bonchev–Trinajstić information content (AvgIpc) is 2.67. The van der Waals surface area contributed by atoms with Gasteiger partial charge < -0.3 is 15.0 Å². The molecule has 1 amide bonds. The van der Waals surface area contributed by atoms with Gasteiger partial charge in [-0.05, 0) is 51.3 Å². The van der Waals surface area contributed by atoms with E-state index in [0.717, 1.165) is 24.9 Å². The largest absolute Gasteiger partial charge is 0.444 e. The van der Waals surface area contributed by atoms with Crippen LogP contribution in [0.15, 0.2) is 29.4 Å². The van der Waals surface area contributed by atoms with E-state index in [-0.39, 0.29) is 17.8 Å². The Morgan fingerprint density at radius 1 is 1.29 bits per heavy atom. The Morgan fingerprint density at radius 2 is 1.96 bits per heavy atom. The standard InChI is InChI=1S/C20H26N6O2/c1-20(2,3)28-19(27)26-10-4-5-17(14-26)23-13-15-6-8-16(9-7-15)24-25-18(11-21)12-22/h6-9,17,23-24H,4-5,10,13-14H2,1-3H3. The van der Waals surface area contributed by atoms with Crippen molar-refractivity contribution < 1.29 is 9.53 Å². The fraction of sp³-hybridized carbons (Fsp3) is 0.500. The molecule has 148 valence electrons. The highest BCUT2D eigenvalue weighted by atomic mass is 16.6.